The number of benzene rings is 2. The fourth-order valence-corrected chi connectivity index (χ4v) is 2.56. The van der Waals surface area contributed by atoms with Crippen molar-refractivity contribution < 1.29 is 13.2 Å². The van der Waals surface area contributed by atoms with Gasteiger partial charge in [-0.15, -0.1) is 0 Å². The summed E-state index contributed by atoms with van der Waals surface area (Å²) in [5.74, 6) is 0. The lowest BCUT2D eigenvalue weighted by Crippen LogP contribution is -2.19. The van der Waals surface area contributed by atoms with Crippen molar-refractivity contribution in [3.05, 3.63) is 69.6 Å². The number of fused-ring (bicyclic) bond motifs is 1. The maximum Gasteiger partial charge on any atom is 0.418 e. The molecule has 3 rings (SSSR count). The fraction of sp³-hybridized carbons (Fsp3) is 0.188. The molecule has 0 spiro atoms. The number of alkyl halides is 3. The summed E-state index contributed by atoms with van der Waals surface area (Å²) in [6.07, 6.45) is -4.51. The van der Waals surface area contributed by atoms with Crippen molar-refractivity contribution in [2.24, 2.45) is 0 Å². The number of rotatable bonds is 2. The third-order valence-corrected chi connectivity index (χ3v) is 3.69. The second-order valence-electron chi connectivity index (χ2n) is 5.14. The summed E-state index contributed by atoms with van der Waals surface area (Å²) in [4.78, 5) is 14.6. The summed E-state index contributed by atoms with van der Waals surface area (Å²) in [7, 11) is 0. The van der Waals surface area contributed by atoms with Gasteiger partial charge < -0.3 is 4.98 Å². The van der Waals surface area contributed by atoms with E-state index in [4.69, 9.17) is 0 Å². The van der Waals surface area contributed by atoms with E-state index in [2.05, 4.69) is 4.98 Å². The number of hydrogen-bond donors (Lipinski definition) is 1. The van der Waals surface area contributed by atoms with Crippen LogP contribution in [0, 0.1) is 6.92 Å². The fourth-order valence-electron chi connectivity index (χ4n) is 2.56. The van der Waals surface area contributed by atoms with Gasteiger partial charge in [0.1, 0.15) is 0 Å². The van der Waals surface area contributed by atoms with Crippen molar-refractivity contribution >= 4 is 11.0 Å². The largest absolute Gasteiger partial charge is 0.418 e. The molecule has 3 nitrogen and oxygen atoms in total. The van der Waals surface area contributed by atoms with Crippen LogP contribution >= 0.6 is 0 Å². The zero-order chi connectivity index (χ0) is 15.9. The van der Waals surface area contributed by atoms with Gasteiger partial charge in [-0.05, 0) is 30.2 Å². The molecule has 114 valence electrons. The lowest BCUT2D eigenvalue weighted by molar-refractivity contribution is -0.136. The van der Waals surface area contributed by atoms with Crippen LogP contribution < -0.4 is 5.69 Å². The topological polar surface area (TPSA) is 37.8 Å². The number of para-hydroxylation sites is 1. The number of halogens is 3. The van der Waals surface area contributed by atoms with Gasteiger partial charge in [0.15, 0.2) is 0 Å². The average Bonchev–Trinajstić information content (AvgIpc) is 2.76. The third kappa shape index (κ3) is 2.41. The van der Waals surface area contributed by atoms with E-state index in [0.29, 0.717) is 0 Å². The minimum atomic E-state index is -4.51. The molecule has 0 aliphatic rings. The molecule has 3 aromatic rings. The molecule has 0 atom stereocenters. The molecule has 22 heavy (non-hydrogen) atoms. The van der Waals surface area contributed by atoms with Crippen LogP contribution in [0.2, 0.25) is 0 Å². The zero-order valence-corrected chi connectivity index (χ0v) is 11.7. The maximum atomic E-state index is 13.2. The molecule has 0 aliphatic carbocycles. The van der Waals surface area contributed by atoms with Crippen LogP contribution in [0.3, 0.4) is 0 Å². The number of nitrogens with one attached hydrogen (secondary N) is 1. The first kappa shape index (κ1) is 14.4. The first-order valence-corrected chi connectivity index (χ1v) is 6.71. The minimum absolute atomic E-state index is 0.0958. The van der Waals surface area contributed by atoms with Crippen molar-refractivity contribution in [3.63, 3.8) is 0 Å². The molecular weight excluding hydrogens is 293 g/mol. The number of aryl methyl sites for hydroxylation is 1. The number of imidazole rings is 1. The first-order chi connectivity index (χ1) is 10.4. The predicted octanol–water partition coefficient (Wildman–Crippen LogP) is 3.71. The lowest BCUT2D eigenvalue weighted by atomic mass is 10.1. The van der Waals surface area contributed by atoms with Gasteiger partial charge in [0.05, 0.1) is 23.1 Å². The van der Waals surface area contributed by atoms with E-state index in [1.807, 2.05) is 19.1 Å². The molecule has 0 aliphatic heterocycles. The van der Waals surface area contributed by atoms with E-state index in [1.54, 1.807) is 12.1 Å². The Labute approximate surface area is 124 Å². The number of nitrogens with zero attached hydrogens (tertiary/aromatic N) is 1. The summed E-state index contributed by atoms with van der Waals surface area (Å²) in [5, 5.41) is 0. The summed E-state index contributed by atoms with van der Waals surface area (Å²) in [6.45, 7) is 1.96. The van der Waals surface area contributed by atoms with Crippen molar-refractivity contribution in [2.75, 3.05) is 0 Å². The molecule has 1 aromatic heterocycles. The summed E-state index contributed by atoms with van der Waals surface area (Å²) in [6, 6.07) is 11.1. The van der Waals surface area contributed by atoms with Gasteiger partial charge in [-0.3, -0.25) is 4.57 Å². The van der Waals surface area contributed by atoms with E-state index in [-0.39, 0.29) is 17.6 Å². The van der Waals surface area contributed by atoms with Crippen LogP contribution in [0.1, 0.15) is 16.7 Å². The van der Waals surface area contributed by atoms with E-state index >= 15 is 0 Å². The number of H-pyrrole nitrogens is 1. The Kier molecular flexibility index (Phi) is 3.31. The van der Waals surface area contributed by atoms with Crippen LogP contribution in [0.5, 0.6) is 0 Å². The summed E-state index contributed by atoms with van der Waals surface area (Å²) < 4.78 is 40.7. The molecule has 0 amide bonds. The molecule has 0 unspecified atom stereocenters. The molecule has 0 fully saturated rings. The highest BCUT2D eigenvalue weighted by molar-refractivity contribution is 5.79. The third-order valence-electron chi connectivity index (χ3n) is 3.69. The molecule has 1 heterocycles. The average molecular weight is 306 g/mol. The van der Waals surface area contributed by atoms with Crippen molar-refractivity contribution in [1.82, 2.24) is 9.55 Å². The number of hydrogen-bond acceptors (Lipinski definition) is 1. The van der Waals surface area contributed by atoms with E-state index in [0.717, 1.165) is 21.8 Å². The highest BCUT2D eigenvalue weighted by atomic mass is 19.4. The van der Waals surface area contributed by atoms with Crippen LogP contribution in [0.25, 0.3) is 11.0 Å². The highest BCUT2D eigenvalue weighted by Crippen LogP contribution is 2.34. The Balaban J connectivity index is 2.24. The Hall–Kier alpha value is -2.50. The van der Waals surface area contributed by atoms with Gasteiger partial charge in [0, 0.05) is 0 Å². The van der Waals surface area contributed by atoms with Crippen LogP contribution in [-0.4, -0.2) is 9.55 Å². The van der Waals surface area contributed by atoms with Gasteiger partial charge in [0.25, 0.3) is 0 Å². The lowest BCUT2D eigenvalue weighted by Gasteiger charge is -2.12. The number of aromatic amines is 1. The van der Waals surface area contributed by atoms with Crippen LogP contribution in [-0.2, 0) is 12.7 Å². The van der Waals surface area contributed by atoms with Crippen molar-refractivity contribution in [1.29, 1.82) is 0 Å². The van der Waals surface area contributed by atoms with Gasteiger partial charge in [-0.1, -0.05) is 30.3 Å². The molecule has 2 aromatic carbocycles. The first-order valence-electron chi connectivity index (χ1n) is 6.71. The molecule has 0 saturated carbocycles. The van der Waals surface area contributed by atoms with Crippen LogP contribution in [0.15, 0.2) is 47.3 Å². The van der Waals surface area contributed by atoms with Crippen LogP contribution in [0.4, 0.5) is 13.2 Å². The Bertz CT molecular complexity index is 890. The molecule has 1 N–H and O–H groups in total. The van der Waals surface area contributed by atoms with Crippen molar-refractivity contribution in [3.8, 4) is 0 Å². The maximum absolute atomic E-state index is 13.2. The molecular formula is C16H13F3N2O. The van der Waals surface area contributed by atoms with E-state index in [1.165, 1.54) is 12.1 Å². The summed E-state index contributed by atoms with van der Waals surface area (Å²) >= 11 is 0. The minimum Gasteiger partial charge on any atom is -0.306 e. The Morgan fingerprint density at radius 3 is 2.50 bits per heavy atom. The molecule has 0 saturated heterocycles. The predicted molar refractivity (Wildman–Crippen MR) is 77.8 cm³/mol. The standard InChI is InChI=1S/C16H13F3N2O/c1-10-5-2-3-6-11(10)9-21-14-12(16(17,18)19)7-4-8-13(14)20-15(21)22/h2-8H,9H2,1H3,(H,20,22). The highest BCUT2D eigenvalue weighted by Gasteiger charge is 2.34. The SMILES string of the molecule is Cc1ccccc1Cn1c(=O)[nH]c2cccc(C(F)(F)F)c21. The van der Waals surface area contributed by atoms with Gasteiger partial charge in [-0.2, -0.15) is 13.2 Å². The van der Waals surface area contributed by atoms with E-state index in [9.17, 15) is 18.0 Å². The number of aromatic nitrogens is 2. The smallest absolute Gasteiger partial charge is 0.306 e. The Morgan fingerprint density at radius 2 is 1.82 bits per heavy atom. The van der Waals surface area contributed by atoms with Gasteiger partial charge in [-0.25, -0.2) is 4.79 Å². The monoisotopic (exact) mass is 306 g/mol. The zero-order valence-electron chi connectivity index (χ0n) is 11.7. The molecule has 0 bridgehead atoms. The Morgan fingerprint density at radius 1 is 1.09 bits per heavy atom. The van der Waals surface area contributed by atoms with E-state index < -0.39 is 17.4 Å². The molecule has 6 heteroatoms. The normalized spacial score (nSPS) is 12.0. The molecule has 0 radical (unpaired) electrons. The quantitative estimate of drug-likeness (QED) is 0.770. The summed E-state index contributed by atoms with van der Waals surface area (Å²) in [5.41, 5.74) is 0.458. The second kappa shape index (κ2) is 5.05. The van der Waals surface area contributed by atoms with Crippen molar-refractivity contribution in [2.45, 2.75) is 19.6 Å². The van der Waals surface area contributed by atoms with Gasteiger partial charge >= 0.3 is 11.9 Å². The van der Waals surface area contributed by atoms with Gasteiger partial charge in [0.2, 0.25) is 0 Å². The second-order valence-corrected chi connectivity index (χ2v) is 5.14.